The van der Waals surface area contributed by atoms with E-state index in [1.54, 1.807) is 0 Å². The van der Waals surface area contributed by atoms with Gasteiger partial charge < -0.3 is 10.1 Å². The van der Waals surface area contributed by atoms with Crippen LogP contribution >= 0.6 is 0 Å². The zero-order chi connectivity index (χ0) is 20.9. The summed E-state index contributed by atoms with van der Waals surface area (Å²) in [5, 5.41) is 2.70. The zero-order valence-corrected chi connectivity index (χ0v) is 17.0. The molecule has 1 N–H and O–H groups in total. The second kappa shape index (κ2) is 9.19. The van der Waals surface area contributed by atoms with Crippen molar-refractivity contribution in [3.05, 3.63) is 71.3 Å². The van der Waals surface area contributed by atoms with E-state index in [1.807, 2.05) is 54.6 Å². The molecule has 8 heteroatoms. The molecule has 29 heavy (non-hydrogen) atoms. The number of rotatable bonds is 7. The van der Waals surface area contributed by atoms with Gasteiger partial charge in [-0.1, -0.05) is 54.6 Å². The lowest BCUT2D eigenvalue weighted by Gasteiger charge is -2.33. The van der Waals surface area contributed by atoms with E-state index in [9.17, 15) is 18.0 Å². The van der Waals surface area contributed by atoms with E-state index in [0.29, 0.717) is 13.0 Å². The van der Waals surface area contributed by atoms with Gasteiger partial charge in [-0.15, -0.1) is 0 Å². The van der Waals surface area contributed by atoms with E-state index in [4.69, 9.17) is 4.74 Å². The Morgan fingerprint density at radius 3 is 2.41 bits per heavy atom. The Labute approximate surface area is 170 Å². The van der Waals surface area contributed by atoms with Gasteiger partial charge in [0.15, 0.2) is 6.61 Å². The van der Waals surface area contributed by atoms with E-state index in [2.05, 4.69) is 5.32 Å². The topological polar surface area (TPSA) is 92.8 Å². The number of hydrogen-bond donors (Lipinski definition) is 1. The summed E-state index contributed by atoms with van der Waals surface area (Å²) in [5.74, 6) is -1.14. The second-order valence-corrected chi connectivity index (χ2v) is 8.93. The van der Waals surface area contributed by atoms with Gasteiger partial charge in [-0.2, -0.15) is 4.31 Å². The number of ether oxygens (including phenoxy) is 1. The Balaban J connectivity index is 1.55. The highest BCUT2D eigenvalue weighted by Gasteiger charge is 2.37. The van der Waals surface area contributed by atoms with Gasteiger partial charge in [0.1, 0.15) is 6.04 Å². The molecule has 2 aromatic carbocycles. The van der Waals surface area contributed by atoms with Crippen molar-refractivity contribution in [1.29, 1.82) is 0 Å². The van der Waals surface area contributed by atoms with Crippen LogP contribution in [0.5, 0.6) is 0 Å². The quantitative estimate of drug-likeness (QED) is 0.687. The van der Waals surface area contributed by atoms with Gasteiger partial charge in [0, 0.05) is 19.5 Å². The molecule has 0 saturated heterocycles. The summed E-state index contributed by atoms with van der Waals surface area (Å²) in [5.41, 5.74) is 2.86. The van der Waals surface area contributed by atoms with Gasteiger partial charge in [-0.3, -0.25) is 9.59 Å². The van der Waals surface area contributed by atoms with Gasteiger partial charge >= 0.3 is 5.97 Å². The molecular formula is C21H24N2O5S. The summed E-state index contributed by atoms with van der Waals surface area (Å²) in [4.78, 5) is 24.5. The average Bonchev–Trinajstić information content (AvgIpc) is 2.71. The Bertz CT molecular complexity index is 976. The van der Waals surface area contributed by atoms with Crippen molar-refractivity contribution in [2.75, 3.05) is 19.4 Å². The van der Waals surface area contributed by atoms with E-state index >= 15 is 0 Å². The number of fused-ring (bicyclic) bond motifs is 1. The van der Waals surface area contributed by atoms with Crippen LogP contribution in [0.25, 0.3) is 0 Å². The Hall–Kier alpha value is -2.71. The minimum Gasteiger partial charge on any atom is -0.454 e. The smallest absolute Gasteiger partial charge is 0.325 e. The third-order valence-electron chi connectivity index (χ3n) is 4.83. The van der Waals surface area contributed by atoms with Crippen LogP contribution in [0.4, 0.5) is 0 Å². The van der Waals surface area contributed by atoms with Crippen LogP contribution in [0.15, 0.2) is 54.6 Å². The number of carbonyl (C=O) groups is 2. The average molecular weight is 416 g/mol. The minimum atomic E-state index is -3.61. The number of hydrogen-bond acceptors (Lipinski definition) is 5. The van der Waals surface area contributed by atoms with E-state index < -0.39 is 34.5 Å². The normalized spacial score (nSPS) is 16.7. The highest BCUT2D eigenvalue weighted by atomic mass is 32.2. The van der Waals surface area contributed by atoms with Gasteiger partial charge in [-0.25, -0.2) is 8.42 Å². The predicted octanol–water partition coefficient (Wildman–Crippen LogP) is 1.27. The van der Waals surface area contributed by atoms with Crippen LogP contribution in [0.1, 0.15) is 16.7 Å². The Morgan fingerprint density at radius 1 is 1.07 bits per heavy atom. The van der Waals surface area contributed by atoms with Crippen molar-refractivity contribution in [2.24, 2.45) is 0 Å². The van der Waals surface area contributed by atoms with E-state index in [1.165, 1.54) is 0 Å². The molecule has 0 aromatic heterocycles. The molecule has 1 amide bonds. The summed E-state index contributed by atoms with van der Waals surface area (Å²) in [7, 11) is -3.61. The molecule has 1 aliphatic heterocycles. The van der Waals surface area contributed by atoms with Gasteiger partial charge in [0.2, 0.25) is 10.0 Å². The first kappa shape index (κ1) is 21.0. The van der Waals surface area contributed by atoms with Crippen molar-refractivity contribution in [1.82, 2.24) is 9.62 Å². The lowest BCUT2D eigenvalue weighted by atomic mass is 9.96. The number of amides is 1. The van der Waals surface area contributed by atoms with E-state index in [0.717, 1.165) is 27.3 Å². The van der Waals surface area contributed by atoms with Crippen LogP contribution in [0.3, 0.4) is 0 Å². The number of sulfonamides is 1. The van der Waals surface area contributed by atoms with Crippen LogP contribution < -0.4 is 5.32 Å². The maximum absolute atomic E-state index is 12.6. The maximum atomic E-state index is 12.6. The molecule has 2 aromatic rings. The van der Waals surface area contributed by atoms with Crippen molar-refractivity contribution in [3.8, 4) is 0 Å². The van der Waals surface area contributed by atoms with Crippen LogP contribution in [-0.4, -0.2) is 50.0 Å². The number of nitrogens with one attached hydrogen (secondary N) is 1. The molecule has 7 nitrogen and oxygen atoms in total. The summed E-state index contributed by atoms with van der Waals surface area (Å²) >= 11 is 0. The number of benzene rings is 2. The molecule has 0 saturated carbocycles. The van der Waals surface area contributed by atoms with Crippen LogP contribution in [-0.2, 0) is 43.7 Å². The zero-order valence-electron chi connectivity index (χ0n) is 16.2. The number of carbonyl (C=O) groups excluding carboxylic acids is 2. The largest absolute Gasteiger partial charge is 0.454 e. The molecule has 0 bridgehead atoms. The predicted molar refractivity (Wildman–Crippen MR) is 108 cm³/mol. The van der Waals surface area contributed by atoms with Crippen LogP contribution in [0, 0.1) is 0 Å². The summed E-state index contributed by atoms with van der Waals surface area (Å²) in [6, 6.07) is 16.1. The van der Waals surface area contributed by atoms with E-state index in [-0.39, 0.29) is 13.0 Å². The molecule has 0 spiro atoms. The first-order valence-electron chi connectivity index (χ1n) is 9.35. The highest BCUT2D eigenvalue weighted by Crippen LogP contribution is 2.26. The van der Waals surface area contributed by atoms with Gasteiger partial charge in [-0.05, 0) is 23.1 Å². The number of esters is 1. The fourth-order valence-corrected chi connectivity index (χ4v) is 4.32. The fourth-order valence-electron chi connectivity index (χ4n) is 3.32. The highest BCUT2D eigenvalue weighted by molar-refractivity contribution is 7.88. The third-order valence-corrected chi connectivity index (χ3v) is 6.06. The Morgan fingerprint density at radius 2 is 1.72 bits per heavy atom. The lowest BCUT2D eigenvalue weighted by Crippen LogP contribution is -2.49. The molecule has 1 atom stereocenters. The fraction of sp³-hybridized carbons (Fsp3) is 0.333. The minimum absolute atomic E-state index is 0.109. The van der Waals surface area contributed by atoms with Crippen molar-refractivity contribution >= 4 is 21.9 Å². The first-order chi connectivity index (χ1) is 13.8. The lowest BCUT2D eigenvalue weighted by molar-refractivity contribution is -0.152. The van der Waals surface area contributed by atoms with Crippen molar-refractivity contribution < 1.29 is 22.7 Å². The molecule has 154 valence electrons. The Kier molecular flexibility index (Phi) is 6.66. The SMILES string of the molecule is CS(=O)(=O)N1Cc2ccccc2C[C@H]1C(=O)OCC(=O)NCCc1ccccc1. The molecule has 1 heterocycles. The van der Waals surface area contributed by atoms with Crippen molar-refractivity contribution in [3.63, 3.8) is 0 Å². The maximum Gasteiger partial charge on any atom is 0.325 e. The van der Waals surface area contributed by atoms with Crippen molar-refractivity contribution in [2.45, 2.75) is 25.4 Å². The summed E-state index contributed by atoms with van der Waals surface area (Å²) in [6.45, 7) is 0.0914. The molecule has 3 rings (SSSR count). The second-order valence-electron chi connectivity index (χ2n) is 6.99. The summed E-state index contributed by atoms with van der Waals surface area (Å²) < 4.78 is 30.6. The third kappa shape index (κ3) is 5.65. The van der Waals surface area contributed by atoms with Gasteiger partial charge in [0.25, 0.3) is 5.91 Å². The first-order valence-corrected chi connectivity index (χ1v) is 11.2. The molecule has 1 aliphatic rings. The molecule has 0 unspecified atom stereocenters. The molecule has 0 radical (unpaired) electrons. The standard InChI is InChI=1S/C21H24N2O5S/c1-29(26,27)23-14-18-10-6-5-9-17(18)13-19(23)21(25)28-15-20(24)22-12-11-16-7-3-2-4-8-16/h2-10,19H,11-15H2,1H3,(H,22,24)/t19-/m0/s1. The summed E-state index contributed by atoms with van der Waals surface area (Å²) in [6.07, 6.45) is 1.96. The molecule has 0 aliphatic carbocycles. The molecular weight excluding hydrogens is 392 g/mol. The van der Waals surface area contributed by atoms with Gasteiger partial charge in [0.05, 0.1) is 6.26 Å². The number of nitrogens with zero attached hydrogens (tertiary/aromatic N) is 1. The molecule has 0 fully saturated rings. The van der Waals surface area contributed by atoms with Crippen LogP contribution in [0.2, 0.25) is 0 Å². The monoisotopic (exact) mass is 416 g/mol.